The van der Waals surface area contributed by atoms with Crippen molar-refractivity contribution in [2.24, 2.45) is 0 Å². The number of para-hydroxylation sites is 2. The molecular formula is C30H37NO6. The fourth-order valence-electron chi connectivity index (χ4n) is 3.03. The molecule has 7 heteroatoms. The van der Waals surface area contributed by atoms with E-state index in [-0.39, 0.29) is 20.4 Å². The molecule has 0 fully saturated rings. The van der Waals surface area contributed by atoms with Crippen molar-refractivity contribution >= 4 is 17.1 Å². The zero-order valence-electron chi connectivity index (χ0n) is 21.6. The topological polar surface area (TPSA) is 91.6 Å². The molecule has 0 bridgehead atoms. The fourth-order valence-corrected chi connectivity index (χ4v) is 3.03. The first kappa shape index (κ1) is 31.5. The van der Waals surface area contributed by atoms with Crippen LogP contribution < -0.4 is 4.90 Å². The van der Waals surface area contributed by atoms with Gasteiger partial charge in [-0.1, -0.05) is 78.9 Å². The summed E-state index contributed by atoms with van der Waals surface area (Å²) in [7, 11) is 4.29. The standard InChI is InChI=1S/C24H19N.3C2H6O2/c1-4-10-20(11-5-1)21-16-18-24(19-17-21)25(22-12-6-2-7-13-22)23-14-8-3-9-15-23;3*1-4-2-3/h1-19H;3*3H,2H2,1H3. The van der Waals surface area contributed by atoms with Crippen LogP contribution in [0.3, 0.4) is 0 Å². The van der Waals surface area contributed by atoms with Gasteiger partial charge in [-0.25, -0.2) is 0 Å². The molecule has 4 rings (SSSR count). The summed E-state index contributed by atoms with van der Waals surface area (Å²) in [6.07, 6.45) is 0. The number of ether oxygens (including phenoxy) is 3. The molecule has 0 unspecified atom stereocenters. The van der Waals surface area contributed by atoms with Crippen molar-refractivity contribution in [1.82, 2.24) is 0 Å². The molecule has 0 amide bonds. The first-order chi connectivity index (χ1) is 18.2. The largest absolute Gasteiger partial charge is 0.371 e. The number of nitrogens with zero attached hydrogens (tertiary/aromatic N) is 1. The van der Waals surface area contributed by atoms with Crippen LogP contribution in [0.1, 0.15) is 0 Å². The van der Waals surface area contributed by atoms with Crippen LogP contribution in [-0.4, -0.2) is 57.0 Å². The van der Waals surface area contributed by atoms with E-state index < -0.39 is 0 Å². The molecule has 0 aromatic heterocycles. The van der Waals surface area contributed by atoms with Gasteiger partial charge in [0.2, 0.25) is 0 Å². The summed E-state index contributed by atoms with van der Waals surface area (Å²) in [6.45, 7) is -0.542. The van der Waals surface area contributed by atoms with Crippen LogP contribution in [0.2, 0.25) is 0 Å². The van der Waals surface area contributed by atoms with Gasteiger partial charge in [-0.15, -0.1) is 0 Å². The van der Waals surface area contributed by atoms with Crippen molar-refractivity contribution in [3.8, 4) is 11.1 Å². The van der Waals surface area contributed by atoms with E-state index in [2.05, 4.69) is 116 Å². The summed E-state index contributed by atoms with van der Waals surface area (Å²) < 4.78 is 12.3. The molecule has 0 saturated heterocycles. The van der Waals surface area contributed by atoms with E-state index >= 15 is 0 Å². The number of hydrogen-bond acceptors (Lipinski definition) is 7. The number of anilines is 3. The molecule has 7 nitrogen and oxygen atoms in total. The number of aliphatic hydroxyl groups excluding tert-OH is 3. The number of methoxy groups -OCH3 is 3. The zero-order chi connectivity index (χ0) is 27.1. The van der Waals surface area contributed by atoms with E-state index in [0.29, 0.717) is 0 Å². The van der Waals surface area contributed by atoms with Crippen molar-refractivity contribution in [3.63, 3.8) is 0 Å². The number of aliphatic hydroxyl groups is 3. The van der Waals surface area contributed by atoms with Crippen molar-refractivity contribution in [1.29, 1.82) is 0 Å². The van der Waals surface area contributed by atoms with Crippen LogP contribution in [0.25, 0.3) is 11.1 Å². The van der Waals surface area contributed by atoms with Gasteiger partial charge in [-0.3, -0.25) is 0 Å². The molecule has 0 spiro atoms. The third-order valence-electron chi connectivity index (χ3n) is 4.65. The summed E-state index contributed by atoms with van der Waals surface area (Å²) in [5.74, 6) is 0. The predicted molar refractivity (Wildman–Crippen MR) is 149 cm³/mol. The van der Waals surface area contributed by atoms with Crippen molar-refractivity contribution in [3.05, 3.63) is 115 Å². The number of benzene rings is 4. The molecule has 198 valence electrons. The van der Waals surface area contributed by atoms with Crippen molar-refractivity contribution in [2.75, 3.05) is 46.6 Å². The highest BCUT2D eigenvalue weighted by atomic mass is 16.6. The molecule has 0 radical (unpaired) electrons. The lowest BCUT2D eigenvalue weighted by Crippen LogP contribution is -2.09. The molecule has 0 aliphatic carbocycles. The average Bonchev–Trinajstić information content (AvgIpc) is 2.99. The van der Waals surface area contributed by atoms with Gasteiger partial charge in [-0.2, -0.15) is 0 Å². The lowest BCUT2D eigenvalue weighted by Gasteiger charge is -2.25. The SMILES string of the molecule is COCO.COCO.COCO.c1ccc(-c2ccc(N(c3ccccc3)c3ccccc3)cc2)cc1. The Hall–Kier alpha value is -3.56. The second-order valence-electron chi connectivity index (χ2n) is 7.17. The number of hydrogen-bond donors (Lipinski definition) is 3. The van der Waals surface area contributed by atoms with Gasteiger partial charge in [0.1, 0.15) is 20.4 Å². The molecule has 4 aromatic rings. The Morgan fingerprint density at radius 3 is 1.03 bits per heavy atom. The summed E-state index contributed by atoms with van der Waals surface area (Å²) in [5, 5.41) is 23.0. The van der Waals surface area contributed by atoms with E-state index in [0.717, 1.165) is 17.1 Å². The summed E-state index contributed by atoms with van der Waals surface area (Å²) in [5.41, 5.74) is 5.92. The Morgan fingerprint density at radius 1 is 0.432 bits per heavy atom. The second-order valence-corrected chi connectivity index (χ2v) is 7.17. The highest BCUT2D eigenvalue weighted by Gasteiger charge is 2.11. The third-order valence-corrected chi connectivity index (χ3v) is 4.65. The first-order valence-electron chi connectivity index (χ1n) is 11.5. The Labute approximate surface area is 219 Å². The van der Waals surface area contributed by atoms with Crippen LogP contribution in [0, 0.1) is 0 Å². The molecule has 37 heavy (non-hydrogen) atoms. The normalized spacial score (nSPS) is 9.46. The van der Waals surface area contributed by atoms with Gasteiger partial charge in [0.15, 0.2) is 0 Å². The maximum atomic E-state index is 7.65. The molecule has 0 saturated carbocycles. The van der Waals surface area contributed by atoms with Gasteiger partial charge in [-0.05, 0) is 47.5 Å². The molecule has 4 aromatic carbocycles. The van der Waals surface area contributed by atoms with Gasteiger partial charge in [0.05, 0.1) is 0 Å². The van der Waals surface area contributed by atoms with E-state index in [1.165, 1.54) is 32.5 Å². The molecule has 3 N–H and O–H groups in total. The van der Waals surface area contributed by atoms with Crippen LogP contribution >= 0.6 is 0 Å². The van der Waals surface area contributed by atoms with E-state index in [1.54, 1.807) is 0 Å². The van der Waals surface area contributed by atoms with Crippen LogP contribution in [-0.2, 0) is 14.2 Å². The molecule has 0 atom stereocenters. The monoisotopic (exact) mass is 507 g/mol. The Bertz CT molecular complexity index is 977. The lowest BCUT2D eigenvalue weighted by atomic mass is 10.0. The minimum atomic E-state index is -0.181. The fraction of sp³-hybridized carbons (Fsp3) is 0.200. The second kappa shape index (κ2) is 20.6. The summed E-state index contributed by atoms with van der Waals surface area (Å²) >= 11 is 0. The van der Waals surface area contributed by atoms with Crippen LogP contribution in [0.5, 0.6) is 0 Å². The van der Waals surface area contributed by atoms with E-state index in [1.807, 2.05) is 18.2 Å². The minimum Gasteiger partial charge on any atom is -0.371 e. The Kier molecular flexibility index (Phi) is 17.5. The molecule has 0 heterocycles. The summed E-state index contributed by atoms with van der Waals surface area (Å²) in [4.78, 5) is 2.27. The molecule has 0 aliphatic rings. The van der Waals surface area contributed by atoms with Crippen molar-refractivity contribution in [2.45, 2.75) is 0 Å². The predicted octanol–water partition coefficient (Wildman–Crippen LogP) is 5.57. The van der Waals surface area contributed by atoms with Gasteiger partial charge < -0.3 is 34.4 Å². The van der Waals surface area contributed by atoms with E-state index in [9.17, 15) is 0 Å². The quantitative estimate of drug-likeness (QED) is 0.282. The van der Waals surface area contributed by atoms with Crippen molar-refractivity contribution < 1.29 is 29.5 Å². The Morgan fingerprint density at radius 2 is 0.703 bits per heavy atom. The Balaban J connectivity index is 0.000000482. The maximum Gasteiger partial charge on any atom is 0.143 e. The third kappa shape index (κ3) is 12.3. The van der Waals surface area contributed by atoms with Gasteiger partial charge in [0, 0.05) is 38.4 Å². The first-order valence-corrected chi connectivity index (χ1v) is 11.5. The van der Waals surface area contributed by atoms with E-state index in [4.69, 9.17) is 15.3 Å². The highest BCUT2D eigenvalue weighted by molar-refractivity contribution is 5.78. The molecular weight excluding hydrogens is 470 g/mol. The van der Waals surface area contributed by atoms with Crippen LogP contribution in [0.15, 0.2) is 115 Å². The van der Waals surface area contributed by atoms with Gasteiger partial charge in [0.25, 0.3) is 0 Å². The zero-order valence-corrected chi connectivity index (χ0v) is 21.6. The highest BCUT2D eigenvalue weighted by Crippen LogP contribution is 2.35. The minimum absolute atomic E-state index is 0.181. The molecule has 0 aliphatic heterocycles. The number of rotatable bonds is 7. The smallest absolute Gasteiger partial charge is 0.143 e. The van der Waals surface area contributed by atoms with Gasteiger partial charge >= 0.3 is 0 Å². The average molecular weight is 508 g/mol. The lowest BCUT2D eigenvalue weighted by molar-refractivity contribution is 0.0322. The maximum absolute atomic E-state index is 7.65. The van der Waals surface area contributed by atoms with Crippen LogP contribution in [0.4, 0.5) is 17.1 Å². The summed E-state index contributed by atoms with van der Waals surface area (Å²) in [6, 6.07) is 40.1.